The Labute approximate surface area is 96.5 Å². The zero-order valence-corrected chi connectivity index (χ0v) is 8.73. The molecule has 2 rings (SSSR count). The first-order valence-electron chi connectivity index (χ1n) is 4.86. The van der Waals surface area contributed by atoms with Gasteiger partial charge in [0.05, 0.1) is 12.1 Å². The number of amides is 3. The molecule has 0 bridgehead atoms. The largest absolute Gasteiger partial charge is 0.508 e. The Morgan fingerprint density at radius 1 is 1.18 bits per heavy atom. The molecule has 0 saturated carbocycles. The number of phenols is 1. The molecule has 0 radical (unpaired) electrons. The number of aromatic hydroxyl groups is 1. The van der Waals surface area contributed by atoms with Gasteiger partial charge in [0.15, 0.2) is 0 Å². The number of rotatable bonds is 2. The van der Waals surface area contributed by atoms with Gasteiger partial charge in [-0.3, -0.25) is 20.9 Å². The minimum atomic E-state index is -0.590. The number of hydrazone groups is 1. The highest BCUT2D eigenvalue weighted by Gasteiger charge is 2.19. The van der Waals surface area contributed by atoms with Gasteiger partial charge in [-0.2, -0.15) is 5.10 Å². The SMILES string of the molecule is O=C1CC(=NNc2ccc(O)cc2)NC(=O)N1. The summed E-state index contributed by atoms with van der Waals surface area (Å²) in [5, 5.41) is 17.4. The number of nitrogens with one attached hydrogen (secondary N) is 3. The molecule has 1 aliphatic rings. The predicted octanol–water partition coefficient (Wildman–Crippen LogP) is 0.347. The van der Waals surface area contributed by atoms with Crippen molar-refractivity contribution in [1.29, 1.82) is 0 Å². The van der Waals surface area contributed by atoms with E-state index in [1.54, 1.807) is 12.1 Å². The van der Waals surface area contributed by atoms with Gasteiger partial charge in [0.25, 0.3) is 0 Å². The lowest BCUT2D eigenvalue weighted by molar-refractivity contribution is -0.119. The lowest BCUT2D eigenvalue weighted by Gasteiger charge is -2.14. The zero-order valence-electron chi connectivity index (χ0n) is 8.73. The number of carbonyl (C=O) groups excluding carboxylic acids is 2. The van der Waals surface area contributed by atoms with Crippen LogP contribution in [0, 0.1) is 0 Å². The van der Waals surface area contributed by atoms with Crippen LogP contribution >= 0.6 is 0 Å². The maximum absolute atomic E-state index is 11.0. The highest BCUT2D eigenvalue weighted by atomic mass is 16.3. The van der Waals surface area contributed by atoms with Crippen molar-refractivity contribution in [3.05, 3.63) is 24.3 Å². The molecule has 0 aromatic heterocycles. The Morgan fingerprint density at radius 2 is 1.88 bits per heavy atom. The quantitative estimate of drug-likeness (QED) is 0.438. The van der Waals surface area contributed by atoms with Crippen LogP contribution in [0.15, 0.2) is 29.4 Å². The number of urea groups is 1. The van der Waals surface area contributed by atoms with Crippen LogP contribution in [0.5, 0.6) is 5.75 Å². The molecule has 7 heteroatoms. The molecular formula is C10H10N4O3. The maximum Gasteiger partial charge on any atom is 0.326 e. The molecule has 1 aliphatic heterocycles. The molecule has 0 unspecified atom stereocenters. The van der Waals surface area contributed by atoms with E-state index in [9.17, 15) is 9.59 Å². The van der Waals surface area contributed by atoms with E-state index in [4.69, 9.17) is 5.11 Å². The molecule has 1 saturated heterocycles. The molecular weight excluding hydrogens is 224 g/mol. The van der Waals surface area contributed by atoms with Crippen LogP contribution in [-0.2, 0) is 4.79 Å². The van der Waals surface area contributed by atoms with Gasteiger partial charge in [0, 0.05) is 0 Å². The monoisotopic (exact) mass is 234 g/mol. The number of imide groups is 1. The molecule has 88 valence electrons. The lowest BCUT2D eigenvalue weighted by Crippen LogP contribution is -2.50. The minimum Gasteiger partial charge on any atom is -0.508 e. The highest BCUT2D eigenvalue weighted by Crippen LogP contribution is 2.13. The van der Waals surface area contributed by atoms with Crippen LogP contribution in [0.2, 0.25) is 0 Å². The lowest BCUT2D eigenvalue weighted by atomic mass is 10.3. The molecule has 4 N–H and O–H groups in total. The van der Waals surface area contributed by atoms with Crippen molar-refractivity contribution in [1.82, 2.24) is 10.6 Å². The van der Waals surface area contributed by atoms with E-state index in [2.05, 4.69) is 21.2 Å². The summed E-state index contributed by atoms with van der Waals surface area (Å²) in [5.74, 6) is -0.0135. The number of nitrogens with zero attached hydrogens (tertiary/aromatic N) is 1. The Bertz CT molecular complexity index is 463. The normalized spacial score (nSPS) is 17.5. The fraction of sp³-hybridized carbons (Fsp3) is 0.100. The van der Waals surface area contributed by atoms with Crippen LogP contribution in [0.3, 0.4) is 0 Å². The van der Waals surface area contributed by atoms with Gasteiger partial charge in [-0.05, 0) is 24.3 Å². The van der Waals surface area contributed by atoms with Gasteiger partial charge in [-0.1, -0.05) is 0 Å². The first-order chi connectivity index (χ1) is 8.13. The molecule has 17 heavy (non-hydrogen) atoms. The van der Waals surface area contributed by atoms with E-state index in [0.717, 1.165) is 0 Å². The molecule has 1 fully saturated rings. The summed E-state index contributed by atoms with van der Waals surface area (Å²) >= 11 is 0. The Morgan fingerprint density at radius 3 is 2.53 bits per heavy atom. The number of benzene rings is 1. The van der Waals surface area contributed by atoms with Gasteiger partial charge >= 0.3 is 6.03 Å². The fourth-order valence-corrected chi connectivity index (χ4v) is 1.26. The maximum atomic E-state index is 11.0. The smallest absolute Gasteiger partial charge is 0.326 e. The Hall–Kier alpha value is -2.57. The molecule has 1 heterocycles. The zero-order chi connectivity index (χ0) is 12.3. The molecule has 0 spiro atoms. The molecule has 0 atom stereocenters. The number of carbonyl (C=O) groups is 2. The average Bonchev–Trinajstić information content (AvgIpc) is 2.27. The third-order valence-corrected chi connectivity index (χ3v) is 2.03. The van der Waals surface area contributed by atoms with E-state index in [0.29, 0.717) is 5.69 Å². The summed E-state index contributed by atoms with van der Waals surface area (Å²) in [5.41, 5.74) is 3.30. The van der Waals surface area contributed by atoms with Gasteiger partial charge in [-0.25, -0.2) is 4.79 Å². The summed E-state index contributed by atoms with van der Waals surface area (Å²) in [6.07, 6.45) is 0.0107. The van der Waals surface area contributed by atoms with Gasteiger partial charge < -0.3 is 5.11 Å². The summed E-state index contributed by atoms with van der Waals surface area (Å²) in [6, 6.07) is 5.63. The second kappa shape index (κ2) is 4.52. The number of anilines is 1. The summed E-state index contributed by atoms with van der Waals surface area (Å²) in [7, 11) is 0. The first kappa shape index (κ1) is 10.9. The minimum absolute atomic E-state index is 0.0107. The third kappa shape index (κ3) is 2.94. The van der Waals surface area contributed by atoms with Gasteiger partial charge in [-0.15, -0.1) is 0 Å². The van der Waals surface area contributed by atoms with E-state index in [1.165, 1.54) is 12.1 Å². The molecule has 1 aromatic carbocycles. The molecule has 7 nitrogen and oxygen atoms in total. The fourth-order valence-electron chi connectivity index (χ4n) is 1.26. The van der Waals surface area contributed by atoms with Crippen LogP contribution in [0.1, 0.15) is 6.42 Å². The number of amidine groups is 1. The van der Waals surface area contributed by atoms with Crippen molar-refractivity contribution in [2.45, 2.75) is 6.42 Å². The van der Waals surface area contributed by atoms with Crippen LogP contribution in [0.4, 0.5) is 10.5 Å². The molecule has 1 aromatic rings. The van der Waals surface area contributed by atoms with E-state index in [-0.39, 0.29) is 18.0 Å². The Balaban J connectivity index is 2.02. The van der Waals surface area contributed by atoms with Crippen molar-refractivity contribution in [3.8, 4) is 5.75 Å². The number of hydrogen-bond acceptors (Lipinski definition) is 5. The van der Waals surface area contributed by atoms with Crippen molar-refractivity contribution in [3.63, 3.8) is 0 Å². The summed E-state index contributed by atoms with van der Waals surface area (Å²) < 4.78 is 0. The van der Waals surface area contributed by atoms with Gasteiger partial charge in [0.1, 0.15) is 11.6 Å². The van der Waals surface area contributed by atoms with Gasteiger partial charge in [0.2, 0.25) is 5.91 Å². The van der Waals surface area contributed by atoms with Crippen LogP contribution in [-0.4, -0.2) is 22.9 Å². The summed E-state index contributed by atoms with van der Waals surface area (Å²) in [6.45, 7) is 0. The third-order valence-electron chi connectivity index (χ3n) is 2.03. The highest BCUT2D eigenvalue weighted by molar-refractivity contribution is 6.16. The standard InChI is InChI=1S/C10H10N4O3/c15-7-3-1-6(2-4-7)13-14-8-5-9(16)12-10(17)11-8/h1-4,13,15H,5H2,(H2,11,12,14,16,17). The first-order valence-corrected chi connectivity index (χ1v) is 4.86. The van der Waals surface area contributed by atoms with E-state index >= 15 is 0 Å². The van der Waals surface area contributed by atoms with E-state index in [1.807, 2.05) is 0 Å². The Kier molecular flexibility index (Phi) is 2.91. The van der Waals surface area contributed by atoms with Crippen molar-refractivity contribution >= 4 is 23.5 Å². The van der Waals surface area contributed by atoms with Crippen LogP contribution < -0.4 is 16.1 Å². The number of hydrogen-bond donors (Lipinski definition) is 4. The second-order valence-corrected chi connectivity index (χ2v) is 3.40. The molecule has 0 aliphatic carbocycles. The average molecular weight is 234 g/mol. The van der Waals surface area contributed by atoms with Crippen molar-refractivity contribution in [2.24, 2.45) is 5.10 Å². The van der Waals surface area contributed by atoms with Crippen LogP contribution in [0.25, 0.3) is 0 Å². The molecule has 3 amide bonds. The number of phenolic OH excluding ortho intramolecular Hbond substituents is 1. The summed E-state index contributed by atoms with van der Waals surface area (Å²) in [4.78, 5) is 22.0. The van der Waals surface area contributed by atoms with Crippen molar-refractivity contribution < 1.29 is 14.7 Å². The van der Waals surface area contributed by atoms with Crippen molar-refractivity contribution in [2.75, 3.05) is 5.43 Å². The topological polar surface area (TPSA) is 103 Å². The second-order valence-electron chi connectivity index (χ2n) is 3.40. The predicted molar refractivity (Wildman–Crippen MR) is 60.5 cm³/mol. The van der Waals surface area contributed by atoms with E-state index < -0.39 is 11.9 Å².